The lowest BCUT2D eigenvalue weighted by atomic mass is 10.3. The Kier molecular flexibility index (Phi) is 5.85. The summed E-state index contributed by atoms with van der Waals surface area (Å²) < 4.78 is 10.6. The maximum absolute atomic E-state index is 11.8. The van der Waals surface area contributed by atoms with Gasteiger partial charge in [-0.15, -0.1) is 11.3 Å². The van der Waals surface area contributed by atoms with E-state index in [1.807, 2.05) is 22.2 Å². The van der Waals surface area contributed by atoms with Crippen LogP contribution in [0.1, 0.15) is 5.69 Å². The summed E-state index contributed by atoms with van der Waals surface area (Å²) in [6, 6.07) is 9.10. The first kappa shape index (κ1) is 17.0. The quantitative estimate of drug-likeness (QED) is 0.441. The topological polar surface area (TPSA) is 48.4 Å². The Bertz CT molecular complexity index is 802. The third-order valence-electron chi connectivity index (χ3n) is 3.06. The molecule has 3 aromatic rings. The van der Waals surface area contributed by atoms with Gasteiger partial charge in [-0.3, -0.25) is 4.79 Å². The van der Waals surface area contributed by atoms with E-state index in [1.165, 1.54) is 11.3 Å². The van der Waals surface area contributed by atoms with Gasteiger partial charge in [0, 0.05) is 21.3 Å². The summed E-state index contributed by atoms with van der Waals surface area (Å²) in [6.45, 7) is 0.468. The van der Waals surface area contributed by atoms with Crippen molar-refractivity contribution in [2.24, 2.45) is 0 Å². The molecule has 2 aromatic heterocycles. The first-order chi connectivity index (χ1) is 11.7. The zero-order valence-corrected chi connectivity index (χ0v) is 15.0. The number of halogens is 1. The summed E-state index contributed by atoms with van der Waals surface area (Å²) >= 11 is 9.02. The smallest absolute Gasteiger partial charge is 0.312 e. The third-order valence-corrected chi connectivity index (χ3v) is 4.92. The Morgan fingerprint density at radius 2 is 2.12 bits per heavy atom. The molecule has 0 atom stereocenters. The Labute approximate surface area is 152 Å². The number of aromatic nitrogens is 1. The monoisotopic (exact) mass is 379 g/mol. The van der Waals surface area contributed by atoms with Crippen molar-refractivity contribution >= 4 is 40.2 Å². The molecular weight excluding hydrogens is 366 g/mol. The number of ether oxygens (including phenoxy) is 2. The molecule has 4 nitrogen and oxygen atoms in total. The van der Waals surface area contributed by atoms with Gasteiger partial charge in [-0.05, 0) is 29.6 Å². The van der Waals surface area contributed by atoms with Gasteiger partial charge < -0.3 is 9.47 Å². The molecule has 0 aliphatic heterocycles. The van der Waals surface area contributed by atoms with Crippen LogP contribution in [0, 0.1) is 0 Å². The second-order valence-electron chi connectivity index (χ2n) is 4.86. The van der Waals surface area contributed by atoms with Crippen LogP contribution in [-0.4, -0.2) is 24.2 Å². The van der Waals surface area contributed by atoms with Crippen molar-refractivity contribution < 1.29 is 14.3 Å². The number of benzene rings is 1. The fraction of sp³-hybridized carbons (Fsp3) is 0.176. The summed E-state index contributed by atoms with van der Waals surface area (Å²) in [5.41, 5.74) is 1.81. The fourth-order valence-corrected chi connectivity index (χ4v) is 3.69. The molecule has 0 saturated carbocycles. The largest absolute Gasteiger partial charge is 0.490 e. The number of esters is 1. The number of nitrogens with zero attached hydrogens (tertiary/aromatic N) is 1. The van der Waals surface area contributed by atoms with E-state index in [0.717, 1.165) is 16.3 Å². The number of thiophene rings is 1. The fourth-order valence-electron chi connectivity index (χ4n) is 1.98. The zero-order chi connectivity index (χ0) is 16.8. The van der Waals surface area contributed by atoms with Crippen LogP contribution < -0.4 is 4.74 Å². The van der Waals surface area contributed by atoms with Crippen molar-refractivity contribution in [1.82, 2.24) is 4.98 Å². The number of hydrogen-bond donors (Lipinski definition) is 0. The van der Waals surface area contributed by atoms with E-state index in [2.05, 4.69) is 4.98 Å². The molecule has 7 heteroatoms. The SMILES string of the molecule is O=C(Cc1csc(-c2ccsc2)n1)OCCOc1cccc(Cl)c1. The van der Waals surface area contributed by atoms with Crippen LogP contribution in [0.3, 0.4) is 0 Å². The van der Waals surface area contributed by atoms with E-state index in [-0.39, 0.29) is 25.6 Å². The molecule has 0 radical (unpaired) electrons. The third kappa shape index (κ3) is 4.80. The number of rotatable bonds is 7. The van der Waals surface area contributed by atoms with E-state index < -0.39 is 0 Å². The van der Waals surface area contributed by atoms with Crippen molar-refractivity contribution in [2.75, 3.05) is 13.2 Å². The minimum Gasteiger partial charge on any atom is -0.490 e. The van der Waals surface area contributed by atoms with E-state index in [1.54, 1.807) is 35.6 Å². The second kappa shape index (κ2) is 8.28. The lowest BCUT2D eigenvalue weighted by Gasteiger charge is -2.07. The van der Waals surface area contributed by atoms with Crippen LogP contribution in [0.2, 0.25) is 5.02 Å². The number of hydrogen-bond acceptors (Lipinski definition) is 6. The molecule has 0 aliphatic rings. The summed E-state index contributed by atoms with van der Waals surface area (Å²) in [5, 5.41) is 7.45. The van der Waals surface area contributed by atoms with Crippen molar-refractivity contribution in [2.45, 2.75) is 6.42 Å². The van der Waals surface area contributed by atoms with E-state index in [4.69, 9.17) is 21.1 Å². The molecule has 0 bridgehead atoms. The highest BCUT2D eigenvalue weighted by molar-refractivity contribution is 7.14. The molecule has 3 rings (SSSR count). The van der Waals surface area contributed by atoms with Gasteiger partial charge in [0.25, 0.3) is 0 Å². The first-order valence-corrected chi connectivity index (χ1v) is 9.42. The molecule has 0 fully saturated rings. The molecule has 0 unspecified atom stereocenters. The Morgan fingerprint density at radius 3 is 2.92 bits per heavy atom. The van der Waals surface area contributed by atoms with Crippen molar-refractivity contribution in [1.29, 1.82) is 0 Å². The summed E-state index contributed by atoms with van der Waals surface area (Å²) in [7, 11) is 0. The van der Waals surface area contributed by atoms with Gasteiger partial charge >= 0.3 is 5.97 Å². The first-order valence-electron chi connectivity index (χ1n) is 7.21. The summed E-state index contributed by atoms with van der Waals surface area (Å²) in [4.78, 5) is 16.3. The Morgan fingerprint density at radius 1 is 1.21 bits per heavy atom. The highest BCUT2D eigenvalue weighted by Crippen LogP contribution is 2.25. The predicted molar refractivity (Wildman–Crippen MR) is 97.0 cm³/mol. The average Bonchev–Trinajstić information content (AvgIpc) is 3.23. The molecule has 1 aromatic carbocycles. The van der Waals surface area contributed by atoms with E-state index in [0.29, 0.717) is 10.8 Å². The van der Waals surface area contributed by atoms with Crippen LogP contribution in [0.25, 0.3) is 10.6 Å². The minimum atomic E-state index is -0.313. The van der Waals surface area contributed by atoms with Gasteiger partial charge in [-0.25, -0.2) is 4.98 Å². The van der Waals surface area contributed by atoms with Crippen LogP contribution in [-0.2, 0) is 16.0 Å². The summed E-state index contributed by atoms with van der Waals surface area (Å²) in [5.74, 6) is 0.338. The van der Waals surface area contributed by atoms with Crippen LogP contribution in [0.15, 0.2) is 46.5 Å². The number of thiazole rings is 1. The van der Waals surface area contributed by atoms with E-state index >= 15 is 0 Å². The van der Waals surface area contributed by atoms with Crippen molar-refractivity contribution in [3.63, 3.8) is 0 Å². The number of carbonyl (C=O) groups is 1. The zero-order valence-electron chi connectivity index (χ0n) is 12.6. The normalized spacial score (nSPS) is 10.5. The minimum absolute atomic E-state index is 0.164. The Hall–Kier alpha value is -1.89. The maximum Gasteiger partial charge on any atom is 0.312 e. The predicted octanol–water partition coefficient (Wildman–Crippen LogP) is 4.69. The molecule has 2 heterocycles. The average molecular weight is 380 g/mol. The van der Waals surface area contributed by atoms with Crippen LogP contribution in [0.4, 0.5) is 0 Å². The second-order valence-corrected chi connectivity index (χ2v) is 6.93. The van der Waals surface area contributed by atoms with Gasteiger partial charge in [0.1, 0.15) is 24.0 Å². The Balaban J connectivity index is 1.41. The maximum atomic E-state index is 11.8. The van der Waals surface area contributed by atoms with E-state index in [9.17, 15) is 4.79 Å². The van der Waals surface area contributed by atoms with Gasteiger partial charge in [0.15, 0.2) is 0 Å². The molecule has 0 saturated heterocycles. The van der Waals surface area contributed by atoms with Crippen LogP contribution >= 0.6 is 34.3 Å². The lowest BCUT2D eigenvalue weighted by Crippen LogP contribution is -2.14. The number of carbonyl (C=O) groups excluding carboxylic acids is 1. The lowest BCUT2D eigenvalue weighted by molar-refractivity contribution is -0.143. The molecule has 0 amide bonds. The van der Waals surface area contributed by atoms with Gasteiger partial charge in [0.05, 0.1) is 12.1 Å². The molecule has 124 valence electrons. The van der Waals surface area contributed by atoms with Gasteiger partial charge in [0.2, 0.25) is 0 Å². The van der Waals surface area contributed by atoms with Crippen molar-refractivity contribution in [3.8, 4) is 16.3 Å². The molecule has 0 N–H and O–H groups in total. The van der Waals surface area contributed by atoms with Gasteiger partial charge in [-0.2, -0.15) is 11.3 Å². The highest BCUT2D eigenvalue weighted by Gasteiger charge is 2.10. The molecular formula is C17H14ClNO3S2. The molecule has 24 heavy (non-hydrogen) atoms. The summed E-state index contributed by atoms with van der Waals surface area (Å²) in [6.07, 6.45) is 0.164. The molecule has 0 spiro atoms. The van der Waals surface area contributed by atoms with Crippen LogP contribution in [0.5, 0.6) is 5.75 Å². The molecule has 0 aliphatic carbocycles. The standard InChI is InChI=1S/C17H14ClNO3S2/c18-13-2-1-3-15(8-13)21-5-6-22-16(20)9-14-11-24-17(19-14)12-4-7-23-10-12/h1-4,7-8,10-11H,5-6,9H2. The van der Waals surface area contributed by atoms with Crippen molar-refractivity contribution in [3.05, 3.63) is 57.2 Å². The van der Waals surface area contributed by atoms with Gasteiger partial charge in [-0.1, -0.05) is 17.7 Å². The highest BCUT2D eigenvalue weighted by atomic mass is 35.5.